The number of methoxy groups -OCH3 is 1. The second-order valence-electron chi connectivity index (χ2n) is 5.81. The highest BCUT2D eigenvalue weighted by molar-refractivity contribution is 9.10. The van der Waals surface area contributed by atoms with Gasteiger partial charge in [0, 0.05) is 20.3 Å². The molecule has 1 aliphatic carbocycles. The molecule has 0 unspecified atom stereocenters. The number of rotatable bonds is 7. The van der Waals surface area contributed by atoms with E-state index < -0.39 is 0 Å². The molecule has 1 aromatic rings. The van der Waals surface area contributed by atoms with Gasteiger partial charge in [-0.25, -0.2) is 4.68 Å². The molecular formula is C14H22BrN3O2. The Bertz CT molecular complexity index is 524. The van der Waals surface area contributed by atoms with Gasteiger partial charge in [0.05, 0.1) is 17.9 Å². The largest absolute Gasteiger partial charge is 0.385 e. The molecule has 0 atom stereocenters. The quantitative estimate of drug-likeness (QED) is 0.826. The molecule has 0 aromatic carbocycles. The van der Waals surface area contributed by atoms with E-state index >= 15 is 0 Å². The number of aromatic nitrogens is 2. The first-order valence-corrected chi connectivity index (χ1v) is 7.78. The van der Waals surface area contributed by atoms with E-state index in [-0.39, 0.29) is 11.6 Å². The summed E-state index contributed by atoms with van der Waals surface area (Å²) >= 11 is 3.38. The number of hydrogen-bond acceptors (Lipinski definition) is 4. The summed E-state index contributed by atoms with van der Waals surface area (Å²) in [6.45, 7) is 5.54. The number of anilines is 1. The lowest BCUT2D eigenvalue weighted by molar-refractivity contribution is 0.175. The summed E-state index contributed by atoms with van der Waals surface area (Å²) in [5.41, 5.74) is 1.02. The standard InChI is InChI=1S/C14H22BrN3O2/c1-10(2)18-13(19)12(15)11(8-17-18)16-9-14(4-5-14)6-7-20-3/h8,10,16H,4-7,9H2,1-3H3. The van der Waals surface area contributed by atoms with E-state index in [1.165, 1.54) is 17.5 Å². The number of nitrogens with zero attached hydrogens (tertiary/aromatic N) is 2. The topological polar surface area (TPSA) is 56.1 Å². The molecule has 1 saturated carbocycles. The molecule has 1 aliphatic rings. The number of ether oxygens (including phenoxy) is 1. The highest BCUT2D eigenvalue weighted by Crippen LogP contribution is 2.48. The normalized spacial score (nSPS) is 16.4. The minimum Gasteiger partial charge on any atom is -0.385 e. The average Bonchev–Trinajstić information content (AvgIpc) is 3.18. The van der Waals surface area contributed by atoms with Gasteiger partial charge in [-0.05, 0) is 54.5 Å². The van der Waals surface area contributed by atoms with Gasteiger partial charge in [0.15, 0.2) is 0 Å². The fourth-order valence-corrected chi connectivity index (χ4v) is 2.65. The molecule has 0 spiro atoms. The minimum absolute atomic E-state index is 0.0596. The van der Waals surface area contributed by atoms with Gasteiger partial charge in [-0.3, -0.25) is 4.79 Å². The van der Waals surface area contributed by atoms with Gasteiger partial charge in [0.25, 0.3) is 5.56 Å². The molecule has 0 aliphatic heterocycles. The van der Waals surface area contributed by atoms with Crippen molar-refractivity contribution in [1.82, 2.24) is 9.78 Å². The summed E-state index contributed by atoms with van der Waals surface area (Å²) in [5.74, 6) is 0. The van der Waals surface area contributed by atoms with Crippen molar-refractivity contribution in [2.45, 2.75) is 39.2 Å². The maximum atomic E-state index is 12.1. The van der Waals surface area contributed by atoms with Crippen LogP contribution in [0.15, 0.2) is 15.5 Å². The predicted molar refractivity (Wildman–Crippen MR) is 83.2 cm³/mol. The second kappa shape index (κ2) is 6.26. The van der Waals surface area contributed by atoms with E-state index in [9.17, 15) is 4.79 Å². The average molecular weight is 344 g/mol. The van der Waals surface area contributed by atoms with Crippen LogP contribution in [0.1, 0.15) is 39.2 Å². The highest BCUT2D eigenvalue weighted by atomic mass is 79.9. The zero-order chi connectivity index (χ0) is 14.8. The summed E-state index contributed by atoms with van der Waals surface area (Å²) in [7, 11) is 1.73. The SMILES string of the molecule is COCCC1(CNc2cnn(C(C)C)c(=O)c2Br)CC1. The van der Waals surface area contributed by atoms with Gasteiger partial charge in [-0.2, -0.15) is 5.10 Å². The van der Waals surface area contributed by atoms with E-state index in [0.29, 0.717) is 9.89 Å². The van der Waals surface area contributed by atoms with Crippen molar-refractivity contribution in [2.24, 2.45) is 5.41 Å². The molecule has 1 N–H and O–H groups in total. The Morgan fingerprint density at radius 2 is 2.25 bits per heavy atom. The van der Waals surface area contributed by atoms with E-state index in [4.69, 9.17) is 4.74 Å². The van der Waals surface area contributed by atoms with Gasteiger partial charge in [-0.15, -0.1) is 0 Å². The molecule has 20 heavy (non-hydrogen) atoms. The van der Waals surface area contributed by atoms with Crippen LogP contribution in [0.3, 0.4) is 0 Å². The lowest BCUT2D eigenvalue weighted by Crippen LogP contribution is -2.27. The van der Waals surface area contributed by atoms with Crippen molar-refractivity contribution < 1.29 is 4.74 Å². The Kier molecular flexibility index (Phi) is 4.86. The summed E-state index contributed by atoms with van der Waals surface area (Å²) in [6, 6.07) is 0.0596. The van der Waals surface area contributed by atoms with E-state index in [2.05, 4.69) is 26.3 Å². The molecule has 112 valence electrons. The van der Waals surface area contributed by atoms with Crippen LogP contribution < -0.4 is 10.9 Å². The van der Waals surface area contributed by atoms with Crippen LogP contribution in [-0.4, -0.2) is 30.0 Å². The third kappa shape index (κ3) is 3.41. The summed E-state index contributed by atoms with van der Waals surface area (Å²) in [6.07, 6.45) is 5.22. The molecule has 2 rings (SSSR count). The van der Waals surface area contributed by atoms with Crippen LogP contribution in [-0.2, 0) is 4.74 Å². The zero-order valence-corrected chi connectivity index (χ0v) is 13.9. The van der Waals surface area contributed by atoms with E-state index in [1.807, 2.05) is 13.8 Å². The van der Waals surface area contributed by atoms with Crippen LogP contribution in [0.4, 0.5) is 5.69 Å². The maximum absolute atomic E-state index is 12.1. The summed E-state index contributed by atoms with van der Waals surface area (Å²) in [4.78, 5) is 12.1. The molecule has 1 aromatic heterocycles. The lowest BCUT2D eigenvalue weighted by Gasteiger charge is -2.17. The van der Waals surface area contributed by atoms with Crippen LogP contribution in [0, 0.1) is 5.41 Å². The van der Waals surface area contributed by atoms with Gasteiger partial charge < -0.3 is 10.1 Å². The third-order valence-electron chi connectivity index (χ3n) is 3.88. The second-order valence-corrected chi connectivity index (χ2v) is 6.61. The predicted octanol–water partition coefficient (Wildman–Crippen LogP) is 2.82. The first-order valence-electron chi connectivity index (χ1n) is 6.99. The number of hydrogen-bond donors (Lipinski definition) is 1. The van der Waals surface area contributed by atoms with Crippen LogP contribution in [0.25, 0.3) is 0 Å². The third-order valence-corrected chi connectivity index (χ3v) is 4.65. The molecule has 0 radical (unpaired) electrons. The number of nitrogens with one attached hydrogen (secondary N) is 1. The first kappa shape index (κ1) is 15.5. The van der Waals surface area contributed by atoms with Crippen molar-refractivity contribution in [3.8, 4) is 0 Å². The Morgan fingerprint density at radius 1 is 1.55 bits per heavy atom. The van der Waals surface area contributed by atoms with Crippen molar-refractivity contribution in [2.75, 3.05) is 25.6 Å². The highest BCUT2D eigenvalue weighted by Gasteiger charge is 2.41. The van der Waals surface area contributed by atoms with Crippen LogP contribution in [0.2, 0.25) is 0 Å². The monoisotopic (exact) mass is 343 g/mol. The first-order chi connectivity index (χ1) is 9.49. The van der Waals surface area contributed by atoms with Crippen molar-refractivity contribution >= 4 is 21.6 Å². The van der Waals surface area contributed by atoms with Gasteiger partial charge in [0.2, 0.25) is 0 Å². The maximum Gasteiger partial charge on any atom is 0.283 e. The Balaban J connectivity index is 2.04. The smallest absolute Gasteiger partial charge is 0.283 e. The van der Waals surface area contributed by atoms with E-state index in [1.54, 1.807) is 13.3 Å². The fraction of sp³-hybridized carbons (Fsp3) is 0.714. The van der Waals surface area contributed by atoms with Gasteiger partial charge >= 0.3 is 0 Å². The van der Waals surface area contributed by atoms with Crippen molar-refractivity contribution in [3.05, 3.63) is 21.0 Å². The Morgan fingerprint density at radius 3 is 2.80 bits per heavy atom. The van der Waals surface area contributed by atoms with Crippen molar-refractivity contribution in [1.29, 1.82) is 0 Å². The molecule has 6 heteroatoms. The molecule has 0 saturated heterocycles. The molecule has 0 bridgehead atoms. The molecule has 1 fully saturated rings. The Labute approximate surface area is 127 Å². The summed E-state index contributed by atoms with van der Waals surface area (Å²) in [5, 5.41) is 7.56. The van der Waals surface area contributed by atoms with Crippen LogP contribution in [0.5, 0.6) is 0 Å². The lowest BCUT2D eigenvalue weighted by atomic mass is 10.0. The molecular weight excluding hydrogens is 322 g/mol. The Hall–Kier alpha value is -0.880. The molecule has 1 heterocycles. The fourth-order valence-electron chi connectivity index (χ4n) is 2.23. The van der Waals surface area contributed by atoms with Gasteiger partial charge in [0.1, 0.15) is 4.47 Å². The summed E-state index contributed by atoms with van der Waals surface area (Å²) < 4.78 is 7.19. The zero-order valence-electron chi connectivity index (χ0n) is 12.3. The van der Waals surface area contributed by atoms with E-state index in [0.717, 1.165) is 25.3 Å². The van der Waals surface area contributed by atoms with Gasteiger partial charge in [-0.1, -0.05) is 0 Å². The minimum atomic E-state index is -0.0910. The van der Waals surface area contributed by atoms with Crippen LogP contribution >= 0.6 is 15.9 Å². The van der Waals surface area contributed by atoms with Crippen molar-refractivity contribution in [3.63, 3.8) is 0 Å². The molecule has 0 amide bonds. The number of halogens is 1. The molecule has 5 nitrogen and oxygen atoms in total.